The van der Waals surface area contributed by atoms with E-state index in [9.17, 15) is 0 Å². The maximum absolute atomic E-state index is 2.53. The van der Waals surface area contributed by atoms with Crippen molar-refractivity contribution in [3.8, 4) is 11.1 Å². The van der Waals surface area contributed by atoms with E-state index in [4.69, 9.17) is 0 Å². The molecule has 5 aromatic carbocycles. The molecule has 0 saturated heterocycles. The molecular formula is C29H21N. The van der Waals surface area contributed by atoms with Gasteiger partial charge in [0.15, 0.2) is 0 Å². The molecule has 0 radical (unpaired) electrons. The van der Waals surface area contributed by atoms with Crippen molar-refractivity contribution in [2.45, 2.75) is 19.9 Å². The number of nitrogens with zero attached hydrogens (tertiary/aromatic N) is 1. The van der Waals surface area contributed by atoms with Gasteiger partial charge in [0.1, 0.15) is 0 Å². The molecule has 0 saturated carbocycles. The zero-order valence-corrected chi connectivity index (χ0v) is 16.9. The van der Waals surface area contributed by atoms with Crippen LogP contribution in [0.1, 0.15) is 18.1 Å². The van der Waals surface area contributed by atoms with Crippen LogP contribution in [0, 0.1) is 0 Å². The molecule has 1 heterocycles. The zero-order valence-electron chi connectivity index (χ0n) is 16.9. The smallest absolute Gasteiger partial charge is 0.0577 e. The van der Waals surface area contributed by atoms with Crippen LogP contribution in [0.25, 0.3) is 54.5 Å². The number of benzene rings is 5. The van der Waals surface area contributed by atoms with Crippen molar-refractivity contribution in [2.75, 3.05) is 0 Å². The standard InChI is InChI=1S/C29H21N/c1-2-30-27-17-25-19(15-18-9-3-4-10-20(18)25)16-26(27)28-23-13-7-5-11-21(23)22-12-6-8-14-24(22)29(28)30/h3-14,16-17H,2,15H2,1H3. The number of rotatable bonds is 1. The summed E-state index contributed by atoms with van der Waals surface area (Å²) in [5.41, 5.74) is 8.43. The lowest BCUT2D eigenvalue weighted by molar-refractivity contribution is 0.829. The molecule has 1 heteroatoms. The Kier molecular flexibility index (Phi) is 3.10. The van der Waals surface area contributed by atoms with E-state index in [1.54, 1.807) is 0 Å². The van der Waals surface area contributed by atoms with Crippen molar-refractivity contribution >= 4 is 43.4 Å². The molecule has 1 nitrogen and oxygen atoms in total. The predicted octanol–water partition coefficient (Wildman–Crippen LogP) is 7.69. The Morgan fingerprint density at radius 1 is 0.633 bits per heavy atom. The highest BCUT2D eigenvalue weighted by atomic mass is 15.0. The van der Waals surface area contributed by atoms with Crippen LogP contribution in [0.15, 0.2) is 84.9 Å². The van der Waals surface area contributed by atoms with E-state index in [-0.39, 0.29) is 0 Å². The minimum absolute atomic E-state index is 0.961. The summed E-state index contributed by atoms with van der Waals surface area (Å²) >= 11 is 0. The fourth-order valence-electron chi connectivity index (χ4n) is 5.72. The van der Waals surface area contributed by atoms with Gasteiger partial charge in [-0.3, -0.25) is 0 Å². The van der Waals surface area contributed by atoms with Crippen LogP contribution in [-0.4, -0.2) is 4.57 Å². The molecule has 0 amide bonds. The molecule has 0 aliphatic heterocycles. The molecule has 0 atom stereocenters. The number of fused-ring (bicyclic) bond motifs is 11. The molecule has 0 unspecified atom stereocenters. The van der Waals surface area contributed by atoms with Gasteiger partial charge in [-0.15, -0.1) is 0 Å². The van der Waals surface area contributed by atoms with Gasteiger partial charge in [0.2, 0.25) is 0 Å². The van der Waals surface area contributed by atoms with E-state index in [2.05, 4.69) is 96.4 Å². The summed E-state index contributed by atoms with van der Waals surface area (Å²) in [7, 11) is 0. The lowest BCUT2D eigenvalue weighted by Gasteiger charge is -2.10. The first-order valence-electron chi connectivity index (χ1n) is 10.8. The van der Waals surface area contributed by atoms with E-state index in [0.29, 0.717) is 0 Å². The van der Waals surface area contributed by atoms with Crippen molar-refractivity contribution in [1.82, 2.24) is 4.57 Å². The van der Waals surface area contributed by atoms with Gasteiger partial charge in [-0.05, 0) is 63.9 Å². The lowest BCUT2D eigenvalue weighted by Crippen LogP contribution is -1.94. The zero-order chi connectivity index (χ0) is 19.8. The van der Waals surface area contributed by atoms with Crippen molar-refractivity contribution in [2.24, 2.45) is 0 Å². The molecule has 30 heavy (non-hydrogen) atoms. The van der Waals surface area contributed by atoms with Crippen molar-refractivity contribution in [1.29, 1.82) is 0 Å². The molecule has 7 rings (SSSR count). The number of hydrogen-bond donors (Lipinski definition) is 0. The van der Waals surface area contributed by atoms with Gasteiger partial charge >= 0.3 is 0 Å². The van der Waals surface area contributed by atoms with Crippen LogP contribution in [0.5, 0.6) is 0 Å². The van der Waals surface area contributed by atoms with Gasteiger partial charge in [0, 0.05) is 28.2 Å². The van der Waals surface area contributed by atoms with Crippen LogP contribution >= 0.6 is 0 Å². The van der Waals surface area contributed by atoms with Gasteiger partial charge in [0.25, 0.3) is 0 Å². The average molecular weight is 383 g/mol. The fourth-order valence-corrected chi connectivity index (χ4v) is 5.72. The average Bonchev–Trinajstić information content (AvgIpc) is 3.32. The second-order valence-electron chi connectivity index (χ2n) is 8.42. The second-order valence-corrected chi connectivity index (χ2v) is 8.42. The molecule has 6 aromatic rings. The summed E-state index contributed by atoms with van der Waals surface area (Å²) in [4.78, 5) is 0. The van der Waals surface area contributed by atoms with Crippen molar-refractivity contribution in [3.05, 3.63) is 96.1 Å². The van der Waals surface area contributed by atoms with Crippen molar-refractivity contribution < 1.29 is 0 Å². The molecule has 1 aliphatic carbocycles. The third-order valence-electron chi connectivity index (χ3n) is 6.96. The van der Waals surface area contributed by atoms with Crippen LogP contribution in [0.4, 0.5) is 0 Å². The van der Waals surface area contributed by atoms with E-state index in [1.165, 1.54) is 65.6 Å². The molecule has 0 spiro atoms. The summed E-state index contributed by atoms with van der Waals surface area (Å²) < 4.78 is 2.53. The highest BCUT2D eigenvalue weighted by Crippen LogP contribution is 2.45. The van der Waals surface area contributed by atoms with Gasteiger partial charge in [-0.2, -0.15) is 0 Å². The molecule has 142 valence electrons. The minimum atomic E-state index is 0.961. The van der Waals surface area contributed by atoms with E-state index >= 15 is 0 Å². The first-order chi connectivity index (χ1) is 14.8. The SMILES string of the molecule is CCn1c2cc3c(cc2c2c4ccccc4c4ccccc4c21)Cc1ccccc1-3. The molecular weight excluding hydrogens is 362 g/mol. The Morgan fingerprint density at radius 3 is 2.10 bits per heavy atom. The van der Waals surface area contributed by atoms with Gasteiger partial charge < -0.3 is 4.57 Å². The van der Waals surface area contributed by atoms with E-state index in [0.717, 1.165) is 13.0 Å². The molecule has 0 bridgehead atoms. The quantitative estimate of drug-likeness (QED) is 0.256. The van der Waals surface area contributed by atoms with Crippen LogP contribution < -0.4 is 0 Å². The summed E-state index contributed by atoms with van der Waals surface area (Å²) in [6, 6.07) is 31.6. The van der Waals surface area contributed by atoms with Crippen LogP contribution in [0.3, 0.4) is 0 Å². The fraction of sp³-hybridized carbons (Fsp3) is 0.103. The summed E-state index contributed by atoms with van der Waals surface area (Å²) in [5, 5.41) is 8.19. The lowest BCUT2D eigenvalue weighted by atomic mass is 9.96. The number of hydrogen-bond acceptors (Lipinski definition) is 0. The maximum atomic E-state index is 2.53. The maximum Gasteiger partial charge on any atom is 0.0577 e. The third kappa shape index (κ3) is 1.92. The first kappa shape index (κ1) is 16.2. The van der Waals surface area contributed by atoms with E-state index in [1.807, 2.05) is 0 Å². The monoisotopic (exact) mass is 383 g/mol. The number of aryl methyl sites for hydroxylation is 1. The summed E-state index contributed by atoms with van der Waals surface area (Å²) in [5.74, 6) is 0. The highest BCUT2D eigenvalue weighted by Gasteiger charge is 2.23. The summed E-state index contributed by atoms with van der Waals surface area (Å²) in [6.45, 7) is 3.23. The molecule has 1 aromatic heterocycles. The van der Waals surface area contributed by atoms with Gasteiger partial charge in [-0.25, -0.2) is 0 Å². The van der Waals surface area contributed by atoms with Crippen molar-refractivity contribution in [3.63, 3.8) is 0 Å². The highest BCUT2D eigenvalue weighted by molar-refractivity contribution is 6.31. The first-order valence-corrected chi connectivity index (χ1v) is 10.8. The Morgan fingerprint density at radius 2 is 1.30 bits per heavy atom. The minimum Gasteiger partial charge on any atom is -0.340 e. The Hall–Kier alpha value is -3.58. The molecule has 0 N–H and O–H groups in total. The Bertz CT molecular complexity index is 1650. The normalized spacial score (nSPS) is 12.8. The molecule has 0 fully saturated rings. The number of aromatic nitrogens is 1. The van der Waals surface area contributed by atoms with Crippen LogP contribution in [-0.2, 0) is 13.0 Å². The summed E-state index contributed by atoms with van der Waals surface area (Å²) in [6.07, 6.45) is 1.03. The predicted molar refractivity (Wildman–Crippen MR) is 128 cm³/mol. The second kappa shape index (κ2) is 5.73. The van der Waals surface area contributed by atoms with Gasteiger partial charge in [-0.1, -0.05) is 72.8 Å². The van der Waals surface area contributed by atoms with E-state index < -0.39 is 0 Å². The Labute approximate surface area is 175 Å². The Balaban J connectivity index is 1.75. The third-order valence-corrected chi connectivity index (χ3v) is 6.96. The van der Waals surface area contributed by atoms with Crippen LogP contribution in [0.2, 0.25) is 0 Å². The largest absolute Gasteiger partial charge is 0.340 e. The molecule has 1 aliphatic rings. The topological polar surface area (TPSA) is 4.93 Å². The van der Waals surface area contributed by atoms with Gasteiger partial charge in [0.05, 0.1) is 5.52 Å².